The summed E-state index contributed by atoms with van der Waals surface area (Å²) in [6.07, 6.45) is 3.84. The van der Waals surface area contributed by atoms with Crippen LogP contribution in [0.25, 0.3) is 0 Å². The zero-order valence-electron chi connectivity index (χ0n) is 17.7. The van der Waals surface area contributed by atoms with Gasteiger partial charge in [0, 0.05) is 51.2 Å². The topological polar surface area (TPSA) is 79.4 Å². The van der Waals surface area contributed by atoms with E-state index in [0.717, 1.165) is 30.2 Å². The van der Waals surface area contributed by atoms with Crippen molar-refractivity contribution in [1.29, 1.82) is 0 Å². The van der Waals surface area contributed by atoms with Gasteiger partial charge >= 0.3 is 0 Å². The van der Waals surface area contributed by atoms with Gasteiger partial charge in [0.15, 0.2) is 0 Å². The number of hydrogen-bond donors (Lipinski definition) is 2. The molecule has 0 bridgehead atoms. The molecular formula is C23H31N5O2. The van der Waals surface area contributed by atoms with Crippen molar-refractivity contribution < 1.29 is 9.53 Å². The number of amides is 1. The molecule has 4 rings (SSSR count). The second-order valence-corrected chi connectivity index (χ2v) is 8.13. The monoisotopic (exact) mass is 409 g/mol. The molecule has 0 radical (unpaired) electrons. The second kappa shape index (κ2) is 9.43. The summed E-state index contributed by atoms with van der Waals surface area (Å²) in [7, 11) is 0. The standard InChI is InChI=1S/C23H31N5O2/c1-18-17-20(28-13-5-6-14-28)27-22(26-18)25-12-11-24-21(29)23(9-15-30-16-10-23)19-7-3-2-4-8-19/h2-4,7-8,17H,5-6,9-16H2,1H3,(H,24,29)(H,25,26,27). The maximum absolute atomic E-state index is 13.2. The number of hydrogen-bond acceptors (Lipinski definition) is 6. The normalized spacial score (nSPS) is 18.2. The molecule has 1 aromatic carbocycles. The van der Waals surface area contributed by atoms with Gasteiger partial charge in [-0.05, 0) is 38.2 Å². The number of anilines is 2. The van der Waals surface area contributed by atoms with Crippen molar-refractivity contribution in [3.63, 3.8) is 0 Å². The molecule has 2 saturated heterocycles. The first-order chi connectivity index (χ1) is 14.7. The molecule has 1 amide bonds. The van der Waals surface area contributed by atoms with Crippen LogP contribution in [-0.4, -0.2) is 55.3 Å². The maximum Gasteiger partial charge on any atom is 0.230 e. The van der Waals surface area contributed by atoms with Crippen LogP contribution < -0.4 is 15.5 Å². The van der Waals surface area contributed by atoms with Gasteiger partial charge in [-0.25, -0.2) is 4.98 Å². The van der Waals surface area contributed by atoms with Crippen molar-refractivity contribution in [1.82, 2.24) is 15.3 Å². The summed E-state index contributed by atoms with van der Waals surface area (Å²) in [5.74, 6) is 1.67. The third-order valence-corrected chi connectivity index (χ3v) is 6.07. The van der Waals surface area contributed by atoms with Crippen molar-refractivity contribution in [2.24, 2.45) is 0 Å². The van der Waals surface area contributed by atoms with Crippen LogP contribution >= 0.6 is 0 Å². The summed E-state index contributed by atoms with van der Waals surface area (Å²) < 4.78 is 5.53. The van der Waals surface area contributed by atoms with E-state index in [1.807, 2.05) is 43.3 Å². The number of ether oxygens (including phenoxy) is 1. The molecule has 3 heterocycles. The molecule has 30 heavy (non-hydrogen) atoms. The van der Waals surface area contributed by atoms with Crippen LogP contribution in [0.5, 0.6) is 0 Å². The van der Waals surface area contributed by atoms with Crippen LogP contribution in [0.15, 0.2) is 36.4 Å². The molecule has 2 fully saturated rings. The Morgan fingerprint density at radius 3 is 2.57 bits per heavy atom. The Morgan fingerprint density at radius 1 is 1.10 bits per heavy atom. The first-order valence-corrected chi connectivity index (χ1v) is 10.9. The zero-order valence-corrected chi connectivity index (χ0v) is 17.7. The molecule has 2 aliphatic rings. The Hall–Kier alpha value is -2.67. The van der Waals surface area contributed by atoms with Gasteiger partial charge in [-0.1, -0.05) is 30.3 Å². The summed E-state index contributed by atoms with van der Waals surface area (Å²) in [6.45, 7) is 6.41. The summed E-state index contributed by atoms with van der Waals surface area (Å²) in [5.41, 5.74) is 1.50. The molecule has 0 aliphatic carbocycles. The van der Waals surface area contributed by atoms with E-state index in [2.05, 4.69) is 25.5 Å². The predicted octanol–water partition coefficient (Wildman–Crippen LogP) is 2.66. The molecule has 2 aromatic rings. The smallest absolute Gasteiger partial charge is 0.230 e. The van der Waals surface area contributed by atoms with Gasteiger partial charge in [0.25, 0.3) is 0 Å². The molecule has 7 heteroatoms. The Labute approximate surface area is 178 Å². The molecule has 160 valence electrons. The van der Waals surface area contributed by atoms with Crippen LogP contribution in [0.1, 0.15) is 36.9 Å². The van der Waals surface area contributed by atoms with Crippen molar-refractivity contribution in [3.8, 4) is 0 Å². The van der Waals surface area contributed by atoms with Crippen molar-refractivity contribution in [3.05, 3.63) is 47.7 Å². The van der Waals surface area contributed by atoms with E-state index >= 15 is 0 Å². The number of benzene rings is 1. The lowest BCUT2D eigenvalue weighted by molar-refractivity contribution is -0.130. The summed E-state index contributed by atoms with van der Waals surface area (Å²) in [4.78, 5) is 24.6. The minimum Gasteiger partial charge on any atom is -0.381 e. The summed E-state index contributed by atoms with van der Waals surface area (Å²) >= 11 is 0. The summed E-state index contributed by atoms with van der Waals surface area (Å²) in [6, 6.07) is 12.1. The average molecular weight is 410 g/mol. The lowest BCUT2D eigenvalue weighted by atomic mass is 9.73. The highest BCUT2D eigenvalue weighted by molar-refractivity contribution is 5.88. The van der Waals surface area contributed by atoms with Gasteiger partial charge in [0.05, 0.1) is 5.41 Å². The number of aryl methyl sites for hydroxylation is 1. The van der Waals surface area contributed by atoms with Crippen molar-refractivity contribution in [2.75, 3.05) is 49.6 Å². The highest BCUT2D eigenvalue weighted by atomic mass is 16.5. The van der Waals surface area contributed by atoms with Gasteiger partial charge < -0.3 is 20.3 Å². The van der Waals surface area contributed by atoms with Gasteiger partial charge in [-0.3, -0.25) is 4.79 Å². The average Bonchev–Trinajstić information content (AvgIpc) is 3.32. The van der Waals surface area contributed by atoms with Crippen molar-refractivity contribution in [2.45, 2.75) is 38.0 Å². The number of carbonyl (C=O) groups is 1. The highest BCUT2D eigenvalue weighted by Crippen LogP contribution is 2.35. The molecule has 0 atom stereocenters. The first kappa shape index (κ1) is 20.6. The number of aromatic nitrogens is 2. The lowest BCUT2D eigenvalue weighted by Crippen LogP contribution is -2.49. The first-order valence-electron chi connectivity index (χ1n) is 10.9. The minimum absolute atomic E-state index is 0.0710. The number of nitrogens with one attached hydrogen (secondary N) is 2. The largest absolute Gasteiger partial charge is 0.381 e. The Kier molecular flexibility index (Phi) is 6.47. The van der Waals surface area contributed by atoms with E-state index in [-0.39, 0.29) is 5.91 Å². The van der Waals surface area contributed by atoms with Gasteiger partial charge in [0.2, 0.25) is 11.9 Å². The van der Waals surface area contributed by atoms with E-state index in [0.29, 0.717) is 45.1 Å². The molecule has 2 aliphatic heterocycles. The molecule has 2 N–H and O–H groups in total. The molecule has 7 nitrogen and oxygen atoms in total. The molecular weight excluding hydrogens is 378 g/mol. The molecule has 1 aromatic heterocycles. The fourth-order valence-electron chi connectivity index (χ4n) is 4.38. The van der Waals surface area contributed by atoms with E-state index in [9.17, 15) is 4.79 Å². The van der Waals surface area contributed by atoms with Crippen LogP contribution in [0.4, 0.5) is 11.8 Å². The van der Waals surface area contributed by atoms with Gasteiger partial charge in [-0.2, -0.15) is 4.98 Å². The van der Waals surface area contributed by atoms with Crippen molar-refractivity contribution >= 4 is 17.7 Å². The van der Waals surface area contributed by atoms with E-state index < -0.39 is 5.41 Å². The number of carbonyl (C=O) groups excluding carboxylic acids is 1. The van der Waals surface area contributed by atoms with Crippen LogP contribution in [-0.2, 0) is 14.9 Å². The highest BCUT2D eigenvalue weighted by Gasteiger charge is 2.41. The van der Waals surface area contributed by atoms with Crippen LogP contribution in [0, 0.1) is 6.92 Å². The fraction of sp³-hybridized carbons (Fsp3) is 0.522. The Morgan fingerprint density at radius 2 is 1.83 bits per heavy atom. The van der Waals surface area contributed by atoms with Gasteiger partial charge in [0.1, 0.15) is 5.82 Å². The number of rotatable bonds is 7. The predicted molar refractivity (Wildman–Crippen MR) is 118 cm³/mol. The molecule has 0 spiro atoms. The van der Waals surface area contributed by atoms with E-state index in [1.54, 1.807) is 0 Å². The van der Waals surface area contributed by atoms with Crippen LogP contribution in [0.2, 0.25) is 0 Å². The quantitative estimate of drug-likeness (QED) is 0.685. The number of nitrogens with zero attached hydrogens (tertiary/aromatic N) is 3. The fourth-order valence-corrected chi connectivity index (χ4v) is 4.38. The maximum atomic E-state index is 13.2. The Bertz CT molecular complexity index is 846. The molecule has 0 saturated carbocycles. The third-order valence-electron chi connectivity index (χ3n) is 6.07. The van der Waals surface area contributed by atoms with Gasteiger partial charge in [-0.15, -0.1) is 0 Å². The Balaban J connectivity index is 1.35. The summed E-state index contributed by atoms with van der Waals surface area (Å²) in [5, 5.41) is 6.39. The van der Waals surface area contributed by atoms with Crippen LogP contribution in [0.3, 0.4) is 0 Å². The second-order valence-electron chi connectivity index (χ2n) is 8.13. The van der Waals surface area contributed by atoms with E-state index in [4.69, 9.17) is 4.74 Å². The van der Waals surface area contributed by atoms with E-state index in [1.165, 1.54) is 12.8 Å². The molecule has 0 unspecified atom stereocenters. The SMILES string of the molecule is Cc1cc(N2CCCC2)nc(NCCNC(=O)C2(c3ccccc3)CCOCC2)n1. The zero-order chi connectivity index (χ0) is 20.8. The third kappa shape index (κ3) is 4.56. The minimum atomic E-state index is -0.512. The lowest BCUT2D eigenvalue weighted by Gasteiger charge is -2.36.